The van der Waals surface area contributed by atoms with E-state index in [1.165, 1.54) is 4.88 Å². The number of imidazole rings is 1. The molecule has 0 saturated heterocycles. The number of fused-ring (bicyclic) bond motifs is 1. The van der Waals surface area contributed by atoms with Gasteiger partial charge in [-0.1, -0.05) is 17.7 Å². The minimum atomic E-state index is 0.565. The molecule has 0 aliphatic heterocycles. The molecule has 0 spiro atoms. The second kappa shape index (κ2) is 3.86. The Hall–Kier alpha value is -1.32. The highest BCUT2D eigenvalue weighted by atomic mass is 35.5. The van der Waals surface area contributed by atoms with Gasteiger partial charge < -0.3 is 0 Å². The van der Waals surface area contributed by atoms with E-state index in [0.29, 0.717) is 5.15 Å². The highest BCUT2D eigenvalue weighted by Crippen LogP contribution is 2.31. The maximum atomic E-state index is 6.18. The zero-order valence-electron chi connectivity index (χ0n) is 9.57. The number of nitrogens with zero attached hydrogens (tertiary/aromatic N) is 2. The lowest BCUT2D eigenvalue weighted by Crippen LogP contribution is -1.92. The van der Waals surface area contributed by atoms with Crippen molar-refractivity contribution in [2.24, 2.45) is 0 Å². The first-order valence-corrected chi connectivity index (χ1v) is 6.56. The van der Waals surface area contributed by atoms with Crippen LogP contribution in [-0.2, 0) is 0 Å². The van der Waals surface area contributed by atoms with Gasteiger partial charge in [-0.25, -0.2) is 4.98 Å². The van der Waals surface area contributed by atoms with E-state index in [-0.39, 0.29) is 0 Å². The summed E-state index contributed by atoms with van der Waals surface area (Å²) in [5.74, 6) is 0.932. The summed E-state index contributed by atoms with van der Waals surface area (Å²) in [5.41, 5.74) is 2.11. The van der Waals surface area contributed by atoms with Crippen molar-refractivity contribution in [3.8, 4) is 10.7 Å². The van der Waals surface area contributed by atoms with E-state index in [4.69, 9.17) is 11.6 Å². The Morgan fingerprint density at radius 3 is 2.71 bits per heavy atom. The molecule has 0 aromatic carbocycles. The molecule has 0 aliphatic rings. The predicted molar refractivity (Wildman–Crippen MR) is 73.0 cm³/mol. The quantitative estimate of drug-likeness (QED) is 0.638. The number of halogens is 1. The summed E-state index contributed by atoms with van der Waals surface area (Å²) in [5, 5.41) is 0.565. The minimum Gasteiger partial charge on any atom is -0.295 e. The SMILES string of the molecule is Cc1ccc(-c2nc(Cl)c3cccc(C)n23)s1. The van der Waals surface area contributed by atoms with Crippen molar-refractivity contribution < 1.29 is 0 Å². The Labute approximate surface area is 108 Å². The second-order valence-corrected chi connectivity index (χ2v) is 5.67. The molecule has 4 heteroatoms. The van der Waals surface area contributed by atoms with Crippen LogP contribution in [-0.4, -0.2) is 9.38 Å². The maximum Gasteiger partial charge on any atom is 0.156 e. The standard InChI is InChI=1S/C13H11ClN2S/c1-8-4-3-5-10-12(14)15-13(16(8)10)11-7-6-9(2)17-11/h3-7H,1-2H3. The van der Waals surface area contributed by atoms with E-state index < -0.39 is 0 Å². The van der Waals surface area contributed by atoms with Crippen LogP contribution in [0, 0.1) is 13.8 Å². The van der Waals surface area contributed by atoms with Crippen LogP contribution in [0.15, 0.2) is 30.3 Å². The summed E-state index contributed by atoms with van der Waals surface area (Å²) < 4.78 is 2.10. The van der Waals surface area contributed by atoms with Crippen LogP contribution in [0.2, 0.25) is 5.15 Å². The van der Waals surface area contributed by atoms with Gasteiger partial charge in [-0.15, -0.1) is 11.3 Å². The van der Waals surface area contributed by atoms with E-state index in [2.05, 4.69) is 41.4 Å². The van der Waals surface area contributed by atoms with Gasteiger partial charge in [-0.2, -0.15) is 0 Å². The normalized spacial score (nSPS) is 11.2. The third kappa shape index (κ3) is 1.66. The van der Waals surface area contributed by atoms with E-state index in [1.807, 2.05) is 12.1 Å². The molecule has 0 atom stereocenters. The Morgan fingerprint density at radius 2 is 2.00 bits per heavy atom. The molecule has 0 radical (unpaired) electrons. The first-order valence-electron chi connectivity index (χ1n) is 5.37. The van der Waals surface area contributed by atoms with Gasteiger partial charge in [0.15, 0.2) is 11.0 Å². The van der Waals surface area contributed by atoms with Crippen molar-refractivity contribution >= 4 is 28.5 Å². The summed E-state index contributed by atoms with van der Waals surface area (Å²) in [6.45, 7) is 4.16. The van der Waals surface area contributed by atoms with Crippen LogP contribution in [0.5, 0.6) is 0 Å². The molecule has 0 unspecified atom stereocenters. The molecule has 3 heterocycles. The van der Waals surface area contributed by atoms with Crippen molar-refractivity contribution in [3.05, 3.63) is 46.1 Å². The van der Waals surface area contributed by atoms with Gasteiger partial charge in [0.25, 0.3) is 0 Å². The summed E-state index contributed by atoms with van der Waals surface area (Å²) in [6.07, 6.45) is 0. The molecule has 3 aromatic rings. The monoisotopic (exact) mass is 262 g/mol. The van der Waals surface area contributed by atoms with Crippen LogP contribution in [0.25, 0.3) is 16.2 Å². The summed E-state index contributed by atoms with van der Waals surface area (Å²) in [4.78, 5) is 6.90. The lowest BCUT2D eigenvalue weighted by Gasteiger charge is -2.02. The number of aryl methyl sites for hydroxylation is 2. The van der Waals surface area contributed by atoms with E-state index in [9.17, 15) is 0 Å². The average molecular weight is 263 g/mol. The number of rotatable bonds is 1. The first kappa shape index (κ1) is 10.8. The molecular formula is C13H11ClN2S. The van der Waals surface area contributed by atoms with E-state index in [1.54, 1.807) is 11.3 Å². The minimum absolute atomic E-state index is 0.565. The van der Waals surface area contributed by atoms with Gasteiger partial charge in [0.1, 0.15) is 0 Å². The molecule has 0 N–H and O–H groups in total. The average Bonchev–Trinajstić information content (AvgIpc) is 2.85. The number of aromatic nitrogens is 2. The Kier molecular flexibility index (Phi) is 2.45. The zero-order chi connectivity index (χ0) is 12.0. The largest absolute Gasteiger partial charge is 0.295 e. The van der Waals surface area contributed by atoms with Gasteiger partial charge in [0.05, 0.1) is 10.4 Å². The van der Waals surface area contributed by atoms with Crippen LogP contribution in [0.1, 0.15) is 10.6 Å². The van der Waals surface area contributed by atoms with Crippen molar-refractivity contribution in [3.63, 3.8) is 0 Å². The molecule has 2 nitrogen and oxygen atoms in total. The molecule has 3 rings (SSSR count). The smallest absolute Gasteiger partial charge is 0.156 e. The molecule has 0 fully saturated rings. The van der Waals surface area contributed by atoms with Crippen LogP contribution < -0.4 is 0 Å². The van der Waals surface area contributed by atoms with Crippen LogP contribution >= 0.6 is 22.9 Å². The highest BCUT2D eigenvalue weighted by Gasteiger charge is 2.13. The molecule has 17 heavy (non-hydrogen) atoms. The van der Waals surface area contributed by atoms with Crippen LogP contribution in [0.4, 0.5) is 0 Å². The topological polar surface area (TPSA) is 17.3 Å². The molecule has 0 bridgehead atoms. The first-order chi connectivity index (χ1) is 8.16. The summed E-state index contributed by atoms with van der Waals surface area (Å²) in [6, 6.07) is 10.3. The second-order valence-electron chi connectivity index (χ2n) is 4.02. The zero-order valence-corrected chi connectivity index (χ0v) is 11.1. The lowest BCUT2D eigenvalue weighted by molar-refractivity contribution is 1.09. The molecule has 0 aliphatic carbocycles. The van der Waals surface area contributed by atoms with Gasteiger partial charge in [-0.05, 0) is 38.1 Å². The fraction of sp³-hybridized carbons (Fsp3) is 0.154. The van der Waals surface area contributed by atoms with Crippen molar-refractivity contribution in [2.75, 3.05) is 0 Å². The van der Waals surface area contributed by atoms with Crippen LogP contribution in [0.3, 0.4) is 0 Å². The van der Waals surface area contributed by atoms with E-state index >= 15 is 0 Å². The maximum absolute atomic E-state index is 6.18. The van der Waals surface area contributed by atoms with E-state index in [0.717, 1.165) is 21.9 Å². The third-order valence-corrected chi connectivity index (χ3v) is 4.05. The Morgan fingerprint density at radius 1 is 1.18 bits per heavy atom. The summed E-state index contributed by atoms with van der Waals surface area (Å²) in [7, 11) is 0. The number of thiophene rings is 1. The molecule has 0 saturated carbocycles. The van der Waals surface area contributed by atoms with Gasteiger partial charge in [-0.3, -0.25) is 4.40 Å². The number of hydrogen-bond acceptors (Lipinski definition) is 2. The Bertz CT molecular complexity index is 697. The fourth-order valence-corrected chi connectivity index (χ4v) is 3.05. The highest BCUT2D eigenvalue weighted by molar-refractivity contribution is 7.15. The summed E-state index contributed by atoms with van der Waals surface area (Å²) >= 11 is 7.91. The van der Waals surface area contributed by atoms with Crippen molar-refractivity contribution in [1.82, 2.24) is 9.38 Å². The van der Waals surface area contributed by atoms with Gasteiger partial charge >= 0.3 is 0 Å². The molecule has 3 aromatic heterocycles. The fourth-order valence-electron chi connectivity index (χ4n) is 1.98. The van der Waals surface area contributed by atoms with Crippen molar-refractivity contribution in [1.29, 1.82) is 0 Å². The third-order valence-electron chi connectivity index (χ3n) is 2.77. The lowest BCUT2D eigenvalue weighted by atomic mass is 10.3. The van der Waals surface area contributed by atoms with Gasteiger partial charge in [0, 0.05) is 10.6 Å². The Balaban J connectivity index is 2.37. The number of pyridine rings is 1. The number of hydrogen-bond donors (Lipinski definition) is 0. The molecular weight excluding hydrogens is 252 g/mol. The van der Waals surface area contributed by atoms with Gasteiger partial charge in [0.2, 0.25) is 0 Å². The predicted octanol–water partition coefficient (Wildman–Crippen LogP) is 4.33. The molecule has 0 amide bonds. The van der Waals surface area contributed by atoms with Crippen molar-refractivity contribution in [2.45, 2.75) is 13.8 Å². The molecule has 86 valence electrons.